The van der Waals surface area contributed by atoms with E-state index in [1.807, 2.05) is 31.5 Å². The molecular weight excluding hydrogens is 293 g/mol. The zero-order chi connectivity index (χ0) is 16.6. The van der Waals surface area contributed by atoms with Crippen LogP contribution in [-0.2, 0) is 11.3 Å². The number of amides is 1. The van der Waals surface area contributed by atoms with Crippen molar-refractivity contribution < 1.29 is 9.18 Å². The molecule has 3 rings (SSSR count). The lowest BCUT2D eigenvalue weighted by atomic mass is 9.96. The van der Waals surface area contributed by atoms with Gasteiger partial charge in [-0.2, -0.15) is 5.10 Å². The summed E-state index contributed by atoms with van der Waals surface area (Å²) in [5, 5.41) is 7.62. The fourth-order valence-corrected chi connectivity index (χ4v) is 3.38. The molecule has 0 saturated carbocycles. The number of benzene rings is 1. The molecule has 122 valence electrons. The Morgan fingerprint density at radius 1 is 1.35 bits per heavy atom. The van der Waals surface area contributed by atoms with Crippen LogP contribution >= 0.6 is 0 Å². The lowest BCUT2D eigenvalue weighted by molar-refractivity contribution is -0.123. The molecule has 1 aliphatic rings. The number of rotatable bonds is 3. The third kappa shape index (κ3) is 3.14. The molecule has 1 aliphatic heterocycles. The van der Waals surface area contributed by atoms with E-state index in [1.54, 1.807) is 6.07 Å². The summed E-state index contributed by atoms with van der Waals surface area (Å²) < 4.78 is 15.8. The first-order chi connectivity index (χ1) is 11.0. The number of carbonyl (C=O) groups is 1. The minimum absolute atomic E-state index is 0.0207. The molecule has 0 radical (unpaired) electrons. The maximum absolute atomic E-state index is 14.0. The van der Waals surface area contributed by atoms with Crippen LogP contribution < -0.4 is 5.32 Å². The Balaban J connectivity index is 1.91. The summed E-state index contributed by atoms with van der Waals surface area (Å²) >= 11 is 0. The number of nitrogens with zero attached hydrogens (tertiary/aromatic N) is 2. The number of piperidine rings is 1. The summed E-state index contributed by atoms with van der Waals surface area (Å²) in [5.74, 6) is -0.117. The summed E-state index contributed by atoms with van der Waals surface area (Å²) in [6.07, 6.45) is 2.42. The quantitative estimate of drug-likeness (QED) is 0.944. The number of nitrogens with one attached hydrogen (secondary N) is 1. The van der Waals surface area contributed by atoms with Crippen LogP contribution in [0.4, 0.5) is 4.39 Å². The minimum atomic E-state index is -0.212. The Hall–Kier alpha value is -2.17. The van der Waals surface area contributed by atoms with Crippen molar-refractivity contribution in [3.05, 3.63) is 52.1 Å². The molecule has 1 aromatic carbocycles. The molecule has 1 fully saturated rings. The van der Waals surface area contributed by atoms with E-state index in [0.717, 1.165) is 35.4 Å². The largest absolute Gasteiger partial charge is 0.349 e. The standard InChI is InChI=1S/C18H22FN3O/c1-11-7-8-15(19)14(9-11)10-22-13(3)18(12(2)21-22)16-5-4-6-17(23)20-16/h7-9,16H,4-6,10H2,1-3H3,(H,20,23)/t16-/m0/s1. The second-order valence-electron chi connectivity index (χ2n) is 6.35. The zero-order valence-electron chi connectivity index (χ0n) is 13.8. The molecule has 1 N–H and O–H groups in total. The molecule has 1 amide bonds. The summed E-state index contributed by atoms with van der Waals surface area (Å²) in [6.45, 7) is 6.30. The number of hydrogen-bond donors (Lipinski definition) is 1. The second-order valence-corrected chi connectivity index (χ2v) is 6.35. The van der Waals surface area contributed by atoms with Gasteiger partial charge in [-0.3, -0.25) is 9.48 Å². The van der Waals surface area contributed by atoms with E-state index in [0.29, 0.717) is 18.5 Å². The van der Waals surface area contributed by atoms with Crippen molar-refractivity contribution in [3.63, 3.8) is 0 Å². The van der Waals surface area contributed by atoms with Crippen molar-refractivity contribution in [1.29, 1.82) is 0 Å². The third-order valence-corrected chi connectivity index (χ3v) is 4.54. The highest BCUT2D eigenvalue weighted by Gasteiger charge is 2.25. The van der Waals surface area contributed by atoms with Gasteiger partial charge in [0, 0.05) is 23.2 Å². The molecular formula is C18H22FN3O. The molecule has 1 atom stereocenters. The first kappa shape index (κ1) is 15.7. The number of aromatic nitrogens is 2. The van der Waals surface area contributed by atoms with Crippen LogP contribution in [0.1, 0.15) is 53.4 Å². The first-order valence-corrected chi connectivity index (χ1v) is 8.04. The third-order valence-electron chi connectivity index (χ3n) is 4.54. The van der Waals surface area contributed by atoms with E-state index >= 15 is 0 Å². The zero-order valence-corrected chi connectivity index (χ0v) is 13.8. The molecule has 1 saturated heterocycles. The van der Waals surface area contributed by atoms with Crippen molar-refractivity contribution >= 4 is 5.91 Å². The molecule has 1 aromatic heterocycles. The fourth-order valence-electron chi connectivity index (χ4n) is 3.38. The first-order valence-electron chi connectivity index (χ1n) is 8.04. The average Bonchev–Trinajstić information content (AvgIpc) is 2.77. The van der Waals surface area contributed by atoms with Crippen LogP contribution in [-0.4, -0.2) is 15.7 Å². The molecule has 0 bridgehead atoms. The van der Waals surface area contributed by atoms with Crippen molar-refractivity contribution in [2.45, 2.75) is 52.6 Å². The van der Waals surface area contributed by atoms with Gasteiger partial charge in [-0.05, 0) is 39.7 Å². The molecule has 2 aromatic rings. The van der Waals surface area contributed by atoms with Crippen LogP contribution in [0.2, 0.25) is 0 Å². The highest BCUT2D eigenvalue weighted by Crippen LogP contribution is 2.29. The smallest absolute Gasteiger partial charge is 0.220 e. The van der Waals surface area contributed by atoms with E-state index in [9.17, 15) is 9.18 Å². The van der Waals surface area contributed by atoms with Gasteiger partial charge < -0.3 is 5.32 Å². The fraction of sp³-hybridized carbons (Fsp3) is 0.444. The van der Waals surface area contributed by atoms with Gasteiger partial charge in [0.05, 0.1) is 18.3 Å². The molecule has 4 nitrogen and oxygen atoms in total. The van der Waals surface area contributed by atoms with Gasteiger partial charge in [0.25, 0.3) is 0 Å². The molecule has 23 heavy (non-hydrogen) atoms. The van der Waals surface area contributed by atoms with Crippen LogP contribution in [0.25, 0.3) is 0 Å². The van der Waals surface area contributed by atoms with E-state index in [1.165, 1.54) is 6.07 Å². The Kier molecular flexibility index (Phi) is 4.20. The van der Waals surface area contributed by atoms with Crippen molar-refractivity contribution in [2.75, 3.05) is 0 Å². The number of carbonyl (C=O) groups excluding carboxylic acids is 1. The maximum atomic E-state index is 14.0. The number of halogens is 1. The average molecular weight is 315 g/mol. The van der Waals surface area contributed by atoms with Crippen LogP contribution in [0.5, 0.6) is 0 Å². The molecule has 2 heterocycles. The van der Waals surface area contributed by atoms with E-state index in [4.69, 9.17) is 0 Å². The monoisotopic (exact) mass is 315 g/mol. The van der Waals surface area contributed by atoms with Gasteiger partial charge in [-0.25, -0.2) is 4.39 Å². The van der Waals surface area contributed by atoms with E-state index in [2.05, 4.69) is 10.4 Å². The molecule has 0 unspecified atom stereocenters. The maximum Gasteiger partial charge on any atom is 0.220 e. The van der Waals surface area contributed by atoms with Crippen LogP contribution in [0.3, 0.4) is 0 Å². The number of hydrogen-bond acceptors (Lipinski definition) is 2. The Bertz CT molecular complexity index is 751. The summed E-state index contributed by atoms with van der Waals surface area (Å²) in [5.41, 5.74) is 4.64. The van der Waals surface area contributed by atoms with E-state index in [-0.39, 0.29) is 17.8 Å². The summed E-state index contributed by atoms with van der Waals surface area (Å²) in [7, 11) is 0. The van der Waals surface area contributed by atoms with Gasteiger partial charge in [0.1, 0.15) is 5.82 Å². The van der Waals surface area contributed by atoms with Crippen molar-refractivity contribution in [2.24, 2.45) is 0 Å². The summed E-state index contributed by atoms with van der Waals surface area (Å²) in [4.78, 5) is 11.7. The second kappa shape index (κ2) is 6.14. The van der Waals surface area contributed by atoms with Gasteiger partial charge in [0.2, 0.25) is 5.91 Å². The highest BCUT2D eigenvalue weighted by atomic mass is 19.1. The predicted octanol–water partition coefficient (Wildman–Crippen LogP) is 3.34. The van der Waals surface area contributed by atoms with Crippen molar-refractivity contribution in [1.82, 2.24) is 15.1 Å². The lowest BCUT2D eigenvalue weighted by Crippen LogP contribution is -2.33. The van der Waals surface area contributed by atoms with Gasteiger partial charge >= 0.3 is 0 Å². The predicted molar refractivity (Wildman–Crippen MR) is 86.7 cm³/mol. The van der Waals surface area contributed by atoms with Crippen molar-refractivity contribution in [3.8, 4) is 0 Å². The van der Waals surface area contributed by atoms with E-state index < -0.39 is 0 Å². The lowest BCUT2D eigenvalue weighted by Gasteiger charge is -2.23. The SMILES string of the molecule is Cc1ccc(F)c(Cn2nc(C)c([C@@H]3CCCC(=O)N3)c2C)c1. The Labute approximate surface area is 135 Å². The molecule has 5 heteroatoms. The topological polar surface area (TPSA) is 46.9 Å². The Morgan fingerprint density at radius 3 is 2.87 bits per heavy atom. The molecule has 0 aliphatic carbocycles. The van der Waals surface area contributed by atoms with Gasteiger partial charge in [-0.15, -0.1) is 0 Å². The summed E-state index contributed by atoms with van der Waals surface area (Å²) in [6, 6.07) is 5.14. The number of aryl methyl sites for hydroxylation is 2. The minimum Gasteiger partial charge on any atom is -0.349 e. The van der Waals surface area contributed by atoms with Crippen LogP contribution in [0, 0.1) is 26.6 Å². The highest BCUT2D eigenvalue weighted by molar-refractivity contribution is 5.77. The van der Waals surface area contributed by atoms with Crippen LogP contribution in [0.15, 0.2) is 18.2 Å². The normalized spacial score (nSPS) is 18.1. The Morgan fingerprint density at radius 2 is 2.13 bits per heavy atom. The van der Waals surface area contributed by atoms with Gasteiger partial charge in [-0.1, -0.05) is 17.7 Å². The van der Waals surface area contributed by atoms with Gasteiger partial charge in [0.15, 0.2) is 0 Å². The molecule has 0 spiro atoms.